The molecule has 0 fully saturated rings. The van der Waals surface area contributed by atoms with Gasteiger partial charge in [-0.1, -0.05) is 30.3 Å². The molecule has 2 rings (SSSR count). The minimum absolute atomic E-state index is 0.721. The molecule has 0 bridgehead atoms. The molecule has 0 amide bonds. The predicted molar refractivity (Wildman–Crippen MR) is 57.8 cm³/mol. The van der Waals surface area contributed by atoms with E-state index in [0.717, 1.165) is 12.2 Å². The van der Waals surface area contributed by atoms with E-state index in [1.54, 1.807) is 0 Å². The summed E-state index contributed by atoms with van der Waals surface area (Å²) in [6.45, 7) is 4.47. The molecule has 2 aromatic rings. The summed E-state index contributed by atoms with van der Waals surface area (Å²) < 4.78 is 0. The highest BCUT2D eigenvalue weighted by Gasteiger charge is 1.93. The normalized spacial score (nSPS) is 10.2. The Morgan fingerprint density at radius 2 is 1.77 bits per heavy atom. The van der Waals surface area contributed by atoms with Crippen molar-refractivity contribution in [3.05, 3.63) is 49.4 Å². The number of fused-ring (bicyclic) bond motifs is 1. The fraction of sp³-hybridized carbons (Fsp3) is 0.0833. The molecule has 0 saturated carbocycles. The van der Waals surface area contributed by atoms with Crippen LogP contribution in [0.15, 0.2) is 42.5 Å². The zero-order valence-corrected chi connectivity index (χ0v) is 7.46. The number of benzene rings is 2. The number of rotatable bonds is 2. The Labute approximate surface area is 78.4 Å². The van der Waals surface area contributed by atoms with E-state index < -0.39 is 0 Å². The molecule has 1 heteroatoms. The van der Waals surface area contributed by atoms with E-state index in [9.17, 15) is 0 Å². The first kappa shape index (κ1) is 8.11. The van der Waals surface area contributed by atoms with Crippen molar-refractivity contribution in [2.24, 2.45) is 0 Å². The first-order valence-electron chi connectivity index (χ1n) is 4.42. The van der Waals surface area contributed by atoms with Gasteiger partial charge in [0.15, 0.2) is 0 Å². The van der Waals surface area contributed by atoms with Gasteiger partial charge in [0, 0.05) is 12.2 Å². The van der Waals surface area contributed by atoms with E-state index in [1.165, 1.54) is 10.8 Å². The van der Waals surface area contributed by atoms with Crippen LogP contribution in [-0.4, -0.2) is 6.54 Å². The van der Waals surface area contributed by atoms with Crippen molar-refractivity contribution in [1.82, 2.24) is 0 Å². The second-order valence-electron chi connectivity index (χ2n) is 2.99. The Hall–Kier alpha value is -1.50. The second-order valence-corrected chi connectivity index (χ2v) is 2.99. The molecule has 0 saturated heterocycles. The molecular formula is C12H12N. The van der Waals surface area contributed by atoms with Gasteiger partial charge in [0.2, 0.25) is 0 Å². The van der Waals surface area contributed by atoms with Crippen molar-refractivity contribution in [3.63, 3.8) is 0 Å². The minimum atomic E-state index is 0.721. The summed E-state index contributed by atoms with van der Waals surface area (Å²) in [6.07, 6.45) is 0. The maximum atomic E-state index is 3.75. The highest BCUT2D eigenvalue weighted by atomic mass is 14.8. The van der Waals surface area contributed by atoms with Gasteiger partial charge in [-0.05, 0) is 29.8 Å². The van der Waals surface area contributed by atoms with Gasteiger partial charge >= 0.3 is 0 Å². The Kier molecular flexibility index (Phi) is 2.17. The van der Waals surface area contributed by atoms with E-state index in [1.807, 2.05) is 0 Å². The van der Waals surface area contributed by atoms with Crippen molar-refractivity contribution in [2.45, 2.75) is 0 Å². The first-order chi connectivity index (χ1) is 6.40. The molecule has 0 unspecified atom stereocenters. The number of hydrogen-bond donors (Lipinski definition) is 1. The van der Waals surface area contributed by atoms with Crippen molar-refractivity contribution < 1.29 is 0 Å². The molecular weight excluding hydrogens is 158 g/mol. The summed E-state index contributed by atoms with van der Waals surface area (Å²) >= 11 is 0. The zero-order chi connectivity index (χ0) is 9.10. The second kappa shape index (κ2) is 3.48. The van der Waals surface area contributed by atoms with Gasteiger partial charge in [-0.3, -0.25) is 0 Å². The third kappa shape index (κ3) is 1.64. The Bertz CT molecular complexity index is 407. The topological polar surface area (TPSA) is 12.0 Å². The third-order valence-corrected chi connectivity index (χ3v) is 2.08. The standard InChI is InChI=1S/C12H12N/c1-2-13-12-8-7-10-5-3-4-6-11(10)9-12/h3-9,13H,1-2H2. The molecule has 0 aliphatic carbocycles. The lowest BCUT2D eigenvalue weighted by Crippen LogP contribution is -1.95. The molecule has 1 nitrogen and oxygen atoms in total. The van der Waals surface area contributed by atoms with Crippen molar-refractivity contribution in [2.75, 3.05) is 11.9 Å². The zero-order valence-electron chi connectivity index (χ0n) is 7.46. The van der Waals surface area contributed by atoms with Crippen LogP contribution in [0.3, 0.4) is 0 Å². The van der Waals surface area contributed by atoms with Crippen LogP contribution < -0.4 is 5.32 Å². The summed E-state index contributed by atoms with van der Waals surface area (Å²) in [6, 6.07) is 14.7. The van der Waals surface area contributed by atoms with Gasteiger partial charge in [0.25, 0.3) is 0 Å². The maximum Gasteiger partial charge on any atom is 0.0346 e. The van der Waals surface area contributed by atoms with E-state index in [4.69, 9.17) is 0 Å². The first-order valence-corrected chi connectivity index (χ1v) is 4.42. The summed E-state index contributed by atoms with van der Waals surface area (Å²) in [5.41, 5.74) is 1.13. The lowest BCUT2D eigenvalue weighted by Gasteiger charge is -2.04. The average Bonchev–Trinajstić information content (AvgIpc) is 2.18. The van der Waals surface area contributed by atoms with Crippen LogP contribution in [0.25, 0.3) is 10.8 Å². The monoisotopic (exact) mass is 170 g/mol. The van der Waals surface area contributed by atoms with Crippen LogP contribution >= 0.6 is 0 Å². The van der Waals surface area contributed by atoms with E-state index in [2.05, 4.69) is 54.7 Å². The van der Waals surface area contributed by atoms with Gasteiger partial charge in [-0.25, -0.2) is 0 Å². The molecule has 0 aliphatic rings. The van der Waals surface area contributed by atoms with Crippen LogP contribution in [0, 0.1) is 6.92 Å². The van der Waals surface area contributed by atoms with E-state index >= 15 is 0 Å². The maximum absolute atomic E-state index is 3.75. The summed E-state index contributed by atoms with van der Waals surface area (Å²) in [5.74, 6) is 0. The summed E-state index contributed by atoms with van der Waals surface area (Å²) in [4.78, 5) is 0. The van der Waals surface area contributed by atoms with Crippen molar-refractivity contribution >= 4 is 16.5 Å². The van der Waals surface area contributed by atoms with Crippen LogP contribution in [0.4, 0.5) is 5.69 Å². The fourth-order valence-electron chi connectivity index (χ4n) is 1.44. The molecule has 0 aliphatic heterocycles. The lowest BCUT2D eigenvalue weighted by atomic mass is 10.1. The lowest BCUT2D eigenvalue weighted by molar-refractivity contribution is 1.34. The highest BCUT2D eigenvalue weighted by Crippen LogP contribution is 2.18. The van der Waals surface area contributed by atoms with Gasteiger partial charge in [-0.2, -0.15) is 0 Å². The predicted octanol–water partition coefficient (Wildman–Crippen LogP) is 3.09. The number of hydrogen-bond acceptors (Lipinski definition) is 1. The molecule has 2 aromatic carbocycles. The molecule has 1 N–H and O–H groups in total. The van der Waals surface area contributed by atoms with Gasteiger partial charge < -0.3 is 5.32 Å². The van der Waals surface area contributed by atoms with Crippen LogP contribution in [0.2, 0.25) is 0 Å². The van der Waals surface area contributed by atoms with Crippen molar-refractivity contribution in [3.8, 4) is 0 Å². The van der Waals surface area contributed by atoms with Crippen LogP contribution in [-0.2, 0) is 0 Å². The molecule has 0 aromatic heterocycles. The molecule has 0 atom stereocenters. The largest absolute Gasteiger partial charge is 0.385 e. The molecule has 13 heavy (non-hydrogen) atoms. The summed E-state index contributed by atoms with van der Waals surface area (Å²) in [5, 5.41) is 5.73. The Balaban J connectivity index is 2.49. The van der Waals surface area contributed by atoms with Gasteiger partial charge in [0.1, 0.15) is 0 Å². The number of nitrogens with one attached hydrogen (secondary N) is 1. The van der Waals surface area contributed by atoms with E-state index in [-0.39, 0.29) is 0 Å². The SMILES string of the molecule is [CH2]CNc1ccc2ccccc2c1. The highest BCUT2D eigenvalue weighted by molar-refractivity contribution is 5.85. The fourth-order valence-corrected chi connectivity index (χ4v) is 1.44. The summed E-state index contributed by atoms with van der Waals surface area (Å²) in [7, 11) is 0. The minimum Gasteiger partial charge on any atom is -0.385 e. The van der Waals surface area contributed by atoms with Crippen LogP contribution in [0.5, 0.6) is 0 Å². The molecule has 0 heterocycles. The van der Waals surface area contributed by atoms with Crippen molar-refractivity contribution in [1.29, 1.82) is 0 Å². The van der Waals surface area contributed by atoms with Crippen LogP contribution in [0.1, 0.15) is 0 Å². The molecule has 0 spiro atoms. The third-order valence-electron chi connectivity index (χ3n) is 2.08. The quantitative estimate of drug-likeness (QED) is 0.730. The molecule has 65 valence electrons. The van der Waals surface area contributed by atoms with Gasteiger partial charge in [0.05, 0.1) is 0 Å². The Morgan fingerprint density at radius 3 is 2.54 bits per heavy atom. The van der Waals surface area contributed by atoms with E-state index in [0.29, 0.717) is 0 Å². The average molecular weight is 170 g/mol. The smallest absolute Gasteiger partial charge is 0.0346 e. The number of anilines is 1. The van der Waals surface area contributed by atoms with Gasteiger partial charge in [-0.15, -0.1) is 0 Å². The molecule has 1 radical (unpaired) electrons. The Morgan fingerprint density at radius 1 is 1.00 bits per heavy atom.